The van der Waals surface area contributed by atoms with Crippen LogP contribution in [0.2, 0.25) is 0 Å². The molecule has 250 valence electrons. The Kier molecular flexibility index (Phi) is 6.09. The molecule has 0 radical (unpaired) electrons. The van der Waals surface area contributed by atoms with Gasteiger partial charge in [-0.05, 0) is 119 Å². The second kappa shape index (κ2) is 11.2. The van der Waals surface area contributed by atoms with Gasteiger partial charge in [-0.15, -0.1) is 0 Å². The Morgan fingerprint density at radius 1 is 0.241 bits per heavy atom. The number of rotatable bonds is 3. The molecule has 0 fully saturated rings. The topological polar surface area (TPSA) is 18.5 Å². The summed E-state index contributed by atoms with van der Waals surface area (Å²) in [7, 11) is 0. The van der Waals surface area contributed by atoms with Crippen LogP contribution in [0.3, 0.4) is 0 Å². The number of hydrogen-bond acceptors (Lipinski definition) is 2. The maximum absolute atomic E-state index is 6.56. The fourth-order valence-electron chi connectivity index (χ4n) is 9.17. The summed E-state index contributed by atoms with van der Waals surface area (Å²) >= 11 is 0. The summed E-state index contributed by atoms with van der Waals surface area (Å²) in [5, 5.41) is 9.52. The Hall–Kier alpha value is -7.16. The summed E-state index contributed by atoms with van der Waals surface area (Å²) in [4.78, 5) is 0. The van der Waals surface area contributed by atoms with Crippen LogP contribution in [-0.2, 0) is 0 Å². The van der Waals surface area contributed by atoms with Crippen LogP contribution in [0.1, 0.15) is 0 Å². The van der Waals surface area contributed by atoms with Crippen LogP contribution >= 0.6 is 0 Å². The van der Waals surface area contributed by atoms with Crippen LogP contribution in [0.25, 0.3) is 98.7 Å². The highest BCUT2D eigenvalue weighted by Gasteiger charge is 2.26. The summed E-state index contributed by atoms with van der Waals surface area (Å²) in [5.41, 5.74) is 11.9. The van der Waals surface area contributed by atoms with Crippen LogP contribution in [-0.4, -0.2) is 0 Å². The van der Waals surface area contributed by atoms with E-state index in [-0.39, 0.29) is 0 Å². The van der Waals surface area contributed by atoms with Crippen molar-refractivity contribution >= 4 is 43.1 Å². The molecule has 0 amide bonds. The standard InChI is InChI=1S/C52H30O2/c1-2-12-31(13-3-1)32-24-25-43-44(30-32)50(42-27-29-48-52-36(19-11-21-40(42)52)34-15-7-9-23-46(34)54-48)38-17-5-4-16-37(38)49(43)41-26-28-47-51-35(18-10-20-39(41)51)33-14-6-8-22-45(33)53-47/h1-30H. The summed E-state index contributed by atoms with van der Waals surface area (Å²) in [6, 6.07) is 65.6. The highest BCUT2D eigenvalue weighted by atomic mass is 16.5. The molecule has 12 rings (SSSR count). The van der Waals surface area contributed by atoms with E-state index in [1.54, 1.807) is 0 Å². The van der Waals surface area contributed by atoms with Crippen molar-refractivity contribution in [3.05, 3.63) is 182 Å². The van der Waals surface area contributed by atoms with Crippen LogP contribution in [0.4, 0.5) is 0 Å². The third-order valence-corrected chi connectivity index (χ3v) is 11.5. The van der Waals surface area contributed by atoms with E-state index in [1.807, 2.05) is 12.1 Å². The van der Waals surface area contributed by atoms with Crippen molar-refractivity contribution in [1.82, 2.24) is 0 Å². The van der Waals surface area contributed by atoms with E-state index in [0.717, 1.165) is 44.9 Å². The van der Waals surface area contributed by atoms with Crippen LogP contribution in [0.15, 0.2) is 182 Å². The first-order valence-electron chi connectivity index (χ1n) is 18.5. The zero-order chi connectivity index (χ0) is 35.3. The molecular weight excluding hydrogens is 657 g/mol. The Balaban J connectivity index is 1.21. The average molecular weight is 687 g/mol. The largest absolute Gasteiger partial charge is 0.456 e. The Morgan fingerprint density at radius 2 is 0.704 bits per heavy atom. The number of ether oxygens (including phenoxy) is 2. The lowest BCUT2D eigenvalue weighted by Gasteiger charge is -2.25. The molecule has 0 unspecified atom stereocenters. The molecule has 0 bridgehead atoms. The minimum absolute atomic E-state index is 0.894. The Bertz CT molecular complexity index is 3210. The van der Waals surface area contributed by atoms with Crippen LogP contribution < -0.4 is 9.47 Å². The molecule has 10 aromatic carbocycles. The van der Waals surface area contributed by atoms with Crippen molar-refractivity contribution < 1.29 is 9.47 Å². The maximum atomic E-state index is 6.56. The summed E-state index contributed by atoms with van der Waals surface area (Å²) in [6.07, 6.45) is 0. The van der Waals surface area contributed by atoms with E-state index >= 15 is 0 Å². The average Bonchev–Trinajstić information content (AvgIpc) is 3.24. The van der Waals surface area contributed by atoms with Gasteiger partial charge >= 0.3 is 0 Å². The monoisotopic (exact) mass is 686 g/mol. The minimum Gasteiger partial charge on any atom is -0.456 e. The third-order valence-electron chi connectivity index (χ3n) is 11.5. The number of fused-ring (bicyclic) bond motifs is 6. The zero-order valence-corrected chi connectivity index (χ0v) is 29.1. The van der Waals surface area contributed by atoms with E-state index in [2.05, 4.69) is 170 Å². The lowest BCUT2D eigenvalue weighted by Crippen LogP contribution is -1.99. The molecule has 0 saturated carbocycles. The van der Waals surface area contributed by atoms with Gasteiger partial charge in [-0.3, -0.25) is 0 Å². The third kappa shape index (κ3) is 4.11. The highest BCUT2D eigenvalue weighted by Crippen LogP contribution is 2.54. The lowest BCUT2D eigenvalue weighted by molar-refractivity contribution is 0.487. The smallest absolute Gasteiger partial charge is 0.135 e. The SMILES string of the molecule is c1ccc(-c2ccc3c(-c4ccc5c6c(cccc46)-c4ccccc4O5)c4ccccc4c(-c4ccc5c6c(cccc46)-c4ccccc4O5)c3c2)cc1. The van der Waals surface area contributed by atoms with Crippen molar-refractivity contribution in [3.63, 3.8) is 0 Å². The van der Waals surface area contributed by atoms with E-state index in [0.29, 0.717) is 0 Å². The summed E-state index contributed by atoms with van der Waals surface area (Å²) in [6.45, 7) is 0. The lowest BCUT2D eigenvalue weighted by atomic mass is 9.81. The highest BCUT2D eigenvalue weighted by molar-refractivity contribution is 6.27. The van der Waals surface area contributed by atoms with Gasteiger partial charge in [-0.2, -0.15) is 0 Å². The van der Waals surface area contributed by atoms with E-state index < -0.39 is 0 Å². The van der Waals surface area contributed by atoms with Crippen molar-refractivity contribution in [3.8, 4) is 78.6 Å². The first kappa shape index (κ1) is 29.4. The van der Waals surface area contributed by atoms with Crippen LogP contribution in [0.5, 0.6) is 23.0 Å². The van der Waals surface area contributed by atoms with E-state index in [1.165, 1.54) is 76.8 Å². The first-order chi connectivity index (χ1) is 26.8. The molecule has 0 atom stereocenters. The van der Waals surface area contributed by atoms with Crippen molar-refractivity contribution in [1.29, 1.82) is 0 Å². The molecule has 54 heavy (non-hydrogen) atoms. The van der Waals surface area contributed by atoms with Gasteiger partial charge in [-0.1, -0.05) is 140 Å². The molecule has 0 N–H and O–H groups in total. The van der Waals surface area contributed by atoms with Crippen molar-refractivity contribution in [2.24, 2.45) is 0 Å². The Labute approximate surface area is 312 Å². The van der Waals surface area contributed by atoms with Crippen LogP contribution in [0, 0.1) is 0 Å². The fourth-order valence-corrected chi connectivity index (χ4v) is 9.17. The van der Waals surface area contributed by atoms with Gasteiger partial charge in [0, 0.05) is 21.9 Å². The number of para-hydroxylation sites is 2. The summed E-state index contributed by atoms with van der Waals surface area (Å²) < 4.78 is 13.1. The molecule has 0 aromatic heterocycles. The van der Waals surface area contributed by atoms with Gasteiger partial charge in [0.2, 0.25) is 0 Å². The van der Waals surface area contributed by atoms with Crippen molar-refractivity contribution in [2.75, 3.05) is 0 Å². The second-order valence-corrected chi connectivity index (χ2v) is 14.3. The predicted molar refractivity (Wildman–Crippen MR) is 224 cm³/mol. The molecule has 2 aliphatic rings. The van der Waals surface area contributed by atoms with Gasteiger partial charge in [0.1, 0.15) is 23.0 Å². The maximum Gasteiger partial charge on any atom is 0.135 e. The molecule has 10 aromatic rings. The van der Waals surface area contributed by atoms with Gasteiger partial charge in [0.15, 0.2) is 0 Å². The summed E-state index contributed by atoms with van der Waals surface area (Å²) in [5.74, 6) is 3.58. The van der Waals surface area contributed by atoms with Gasteiger partial charge in [0.05, 0.1) is 0 Å². The van der Waals surface area contributed by atoms with E-state index in [9.17, 15) is 0 Å². The molecule has 2 heteroatoms. The molecule has 2 heterocycles. The number of hydrogen-bond donors (Lipinski definition) is 0. The van der Waals surface area contributed by atoms with E-state index in [4.69, 9.17) is 9.47 Å². The quantitative estimate of drug-likeness (QED) is 0.172. The minimum atomic E-state index is 0.894. The molecular formula is C52H30O2. The molecule has 0 aliphatic carbocycles. The van der Waals surface area contributed by atoms with Crippen molar-refractivity contribution in [2.45, 2.75) is 0 Å². The predicted octanol–water partition coefficient (Wildman–Crippen LogP) is 14.8. The normalized spacial score (nSPS) is 12.4. The van der Waals surface area contributed by atoms with Gasteiger partial charge in [0.25, 0.3) is 0 Å². The molecule has 0 spiro atoms. The van der Waals surface area contributed by atoms with Gasteiger partial charge in [-0.25, -0.2) is 0 Å². The van der Waals surface area contributed by atoms with Gasteiger partial charge < -0.3 is 9.47 Å². The molecule has 0 saturated heterocycles. The zero-order valence-electron chi connectivity index (χ0n) is 29.1. The number of benzene rings is 10. The molecule has 2 nitrogen and oxygen atoms in total. The molecule has 2 aliphatic heterocycles. The first-order valence-corrected chi connectivity index (χ1v) is 18.5. The Morgan fingerprint density at radius 3 is 1.30 bits per heavy atom. The second-order valence-electron chi connectivity index (χ2n) is 14.3. The fraction of sp³-hybridized carbons (Fsp3) is 0.